The molecule has 29 heavy (non-hydrogen) atoms. The van der Waals surface area contributed by atoms with Crippen LogP contribution in [-0.4, -0.2) is 71.7 Å². The molecule has 0 aromatic heterocycles. The Kier molecular flexibility index (Phi) is 5.90. The predicted octanol–water partition coefficient (Wildman–Crippen LogP) is 2.46. The average molecular weight is 443 g/mol. The number of thioether (sulfide) groups is 1. The van der Waals surface area contributed by atoms with Crippen molar-refractivity contribution in [3.05, 3.63) is 30.3 Å². The van der Waals surface area contributed by atoms with Crippen LogP contribution in [0.25, 0.3) is 0 Å². The highest BCUT2D eigenvalue weighted by Crippen LogP contribution is 2.47. The van der Waals surface area contributed by atoms with E-state index in [9.17, 15) is 23.1 Å². The summed E-state index contributed by atoms with van der Waals surface area (Å²) in [7, 11) is -4.08. The van der Waals surface area contributed by atoms with E-state index in [-0.39, 0.29) is 23.8 Å². The van der Waals surface area contributed by atoms with Gasteiger partial charge in [0.05, 0.1) is 23.4 Å². The van der Waals surface area contributed by atoms with Gasteiger partial charge in [0.2, 0.25) is 5.91 Å². The van der Waals surface area contributed by atoms with E-state index < -0.39 is 33.3 Å². The highest BCUT2D eigenvalue weighted by Gasteiger charge is 2.62. The van der Waals surface area contributed by atoms with E-state index in [1.165, 1.54) is 12.1 Å². The molecule has 0 unspecified atom stereocenters. The van der Waals surface area contributed by atoms with Gasteiger partial charge < -0.3 is 10.0 Å². The van der Waals surface area contributed by atoms with Crippen molar-refractivity contribution >= 4 is 33.9 Å². The van der Waals surface area contributed by atoms with Crippen molar-refractivity contribution in [2.75, 3.05) is 24.7 Å². The Morgan fingerprint density at radius 2 is 1.90 bits per heavy atom. The standard InChI is InChI=1S/C19H26N2O6S2/c1-18(2,3)19(16(22)20-9-10-28-13-20)11-14(12-21(19)17(23)24)27-29(25,26)15-7-5-4-6-8-15/h4-8,14H,9-13H2,1-3H3,(H,23,24)/t14-,19-/m0/s1. The second-order valence-electron chi connectivity index (χ2n) is 8.30. The number of nitrogens with zero attached hydrogens (tertiary/aromatic N) is 2. The molecule has 2 saturated heterocycles. The largest absolute Gasteiger partial charge is 0.465 e. The van der Waals surface area contributed by atoms with Crippen LogP contribution in [0.3, 0.4) is 0 Å². The first-order chi connectivity index (χ1) is 13.5. The predicted molar refractivity (Wildman–Crippen MR) is 109 cm³/mol. The number of hydrogen-bond acceptors (Lipinski definition) is 6. The second kappa shape index (κ2) is 7.81. The molecule has 0 radical (unpaired) electrons. The monoisotopic (exact) mass is 442 g/mol. The molecular weight excluding hydrogens is 416 g/mol. The summed E-state index contributed by atoms with van der Waals surface area (Å²) in [5.41, 5.74) is -2.16. The Hall–Kier alpha value is -1.78. The number of amides is 2. The maximum atomic E-state index is 13.5. The van der Waals surface area contributed by atoms with Gasteiger partial charge in [0.1, 0.15) is 5.54 Å². The Morgan fingerprint density at radius 1 is 1.24 bits per heavy atom. The number of benzene rings is 1. The molecule has 3 rings (SSSR count). The molecule has 1 N–H and O–H groups in total. The molecule has 0 aliphatic carbocycles. The Bertz CT molecular complexity index is 878. The lowest BCUT2D eigenvalue weighted by Crippen LogP contribution is -2.64. The van der Waals surface area contributed by atoms with Crippen LogP contribution in [0.5, 0.6) is 0 Å². The van der Waals surface area contributed by atoms with Crippen LogP contribution in [0, 0.1) is 5.41 Å². The van der Waals surface area contributed by atoms with Crippen LogP contribution in [0.2, 0.25) is 0 Å². The summed E-state index contributed by atoms with van der Waals surface area (Å²) in [6, 6.07) is 7.70. The Morgan fingerprint density at radius 3 is 2.41 bits per heavy atom. The lowest BCUT2D eigenvalue weighted by atomic mass is 9.70. The number of rotatable bonds is 4. The third kappa shape index (κ3) is 3.97. The minimum atomic E-state index is -4.08. The van der Waals surface area contributed by atoms with Crippen LogP contribution >= 0.6 is 11.8 Å². The number of carbonyl (C=O) groups excluding carboxylic acids is 1. The molecule has 0 bridgehead atoms. The molecule has 2 heterocycles. The first-order valence-corrected chi connectivity index (χ1v) is 11.9. The summed E-state index contributed by atoms with van der Waals surface area (Å²) in [6.07, 6.45) is -2.23. The van der Waals surface area contributed by atoms with Gasteiger partial charge in [-0.2, -0.15) is 8.42 Å². The molecule has 10 heteroatoms. The molecule has 0 spiro atoms. The van der Waals surface area contributed by atoms with Crippen LogP contribution in [0.1, 0.15) is 27.2 Å². The van der Waals surface area contributed by atoms with E-state index in [1.807, 2.05) is 0 Å². The lowest BCUT2D eigenvalue weighted by molar-refractivity contribution is -0.147. The van der Waals surface area contributed by atoms with Crippen molar-refractivity contribution in [2.24, 2.45) is 5.41 Å². The molecule has 2 fully saturated rings. The summed E-state index contributed by atoms with van der Waals surface area (Å²) in [6.45, 7) is 5.77. The minimum Gasteiger partial charge on any atom is -0.465 e. The summed E-state index contributed by atoms with van der Waals surface area (Å²) in [4.78, 5) is 28.3. The van der Waals surface area contributed by atoms with Gasteiger partial charge in [0, 0.05) is 18.7 Å². The van der Waals surface area contributed by atoms with Crippen molar-refractivity contribution in [3.8, 4) is 0 Å². The van der Waals surface area contributed by atoms with Gasteiger partial charge in [-0.1, -0.05) is 39.0 Å². The highest BCUT2D eigenvalue weighted by atomic mass is 32.2. The zero-order valence-electron chi connectivity index (χ0n) is 16.7. The van der Waals surface area contributed by atoms with Gasteiger partial charge in [-0.25, -0.2) is 4.79 Å². The van der Waals surface area contributed by atoms with Crippen molar-refractivity contribution in [3.63, 3.8) is 0 Å². The Labute approximate surface area is 175 Å². The molecule has 160 valence electrons. The molecule has 1 aromatic carbocycles. The van der Waals surface area contributed by atoms with Gasteiger partial charge in [0.15, 0.2) is 0 Å². The molecule has 2 amide bonds. The van der Waals surface area contributed by atoms with E-state index in [2.05, 4.69) is 0 Å². The Balaban J connectivity index is 1.96. The maximum absolute atomic E-state index is 13.5. The average Bonchev–Trinajstić information content (AvgIpc) is 3.29. The third-order valence-corrected chi connectivity index (χ3v) is 7.87. The van der Waals surface area contributed by atoms with E-state index in [0.29, 0.717) is 12.4 Å². The molecule has 1 aromatic rings. The van der Waals surface area contributed by atoms with E-state index in [4.69, 9.17) is 4.18 Å². The van der Waals surface area contributed by atoms with Gasteiger partial charge in [-0.05, 0) is 17.5 Å². The first kappa shape index (κ1) is 21.9. The quantitative estimate of drug-likeness (QED) is 0.714. The highest BCUT2D eigenvalue weighted by molar-refractivity contribution is 7.99. The number of likely N-dealkylation sites (tertiary alicyclic amines) is 1. The zero-order valence-corrected chi connectivity index (χ0v) is 18.3. The fourth-order valence-corrected chi connectivity index (χ4v) is 6.10. The lowest BCUT2D eigenvalue weighted by Gasteiger charge is -2.46. The van der Waals surface area contributed by atoms with Crippen LogP contribution in [0.4, 0.5) is 4.79 Å². The molecule has 8 nitrogen and oxygen atoms in total. The number of carboxylic acid groups (broad SMARTS) is 1. The van der Waals surface area contributed by atoms with Crippen LogP contribution in [-0.2, 0) is 19.1 Å². The summed E-state index contributed by atoms with van der Waals surface area (Å²) >= 11 is 1.61. The fourth-order valence-electron chi connectivity index (χ4n) is 4.06. The summed E-state index contributed by atoms with van der Waals surface area (Å²) in [5.74, 6) is 1.000. The first-order valence-electron chi connectivity index (χ1n) is 9.35. The van der Waals surface area contributed by atoms with Gasteiger partial charge >= 0.3 is 6.09 Å². The van der Waals surface area contributed by atoms with Crippen molar-refractivity contribution < 1.29 is 27.3 Å². The summed E-state index contributed by atoms with van der Waals surface area (Å²) in [5, 5.41) is 9.88. The third-order valence-electron chi connectivity index (χ3n) is 5.53. The molecule has 2 aliphatic rings. The fraction of sp³-hybridized carbons (Fsp3) is 0.579. The maximum Gasteiger partial charge on any atom is 0.408 e. The molecule has 2 atom stereocenters. The summed E-state index contributed by atoms with van der Waals surface area (Å²) < 4.78 is 30.7. The normalized spacial score (nSPS) is 25.4. The van der Waals surface area contributed by atoms with Crippen molar-refractivity contribution in [1.82, 2.24) is 9.80 Å². The van der Waals surface area contributed by atoms with Crippen LogP contribution < -0.4 is 0 Å². The SMILES string of the molecule is CC(C)(C)[C@@]1(C(=O)N2CCSC2)C[C@H](OS(=O)(=O)c2ccccc2)CN1C(=O)O. The van der Waals surface area contributed by atoms with E-state index in [1.54, 1.807) is 55.6 Å². The van der Waals surface area contributed by atoms with Gasteiger partial charge in [0.25, 0.3) is 10.1 Å². The second-order valence-corrected chi connectivity index (χ2v) is 10.9. The molecule has 2 aliphatic heterocycles. The van der Waals surface area contributed by atoms with Crippen LogP contribution in [0.15, 0.2) is 35.2 Å². The van der Waals surface area contributed by atoms with E-state index >= 15 is 0 Å². The number of carbonyl (C=O) groups is 2. The van der Waals surface area contributed by atoms with Gasteiger partial charge in [-0.15, -0.1) is 11.8 Å². The molecular formula is C19H26N2O6S2. The smallest absolute Gasteiger partial charge is 0.408 e. The number of hydrogen-bond donors (Lipinski definition) is 1. The minimum absolute atomic E-state index is 0.00240. The van der Waals surface area contributed by atoms with Crippen molar-refractivity contribution in [1.29, 1.82) is 0 Å². The van der Waals surface area contributed by atoms with Crippen molar-refractivity contribution in [2.45, 2.75) is 43.7 Å². The van der Waals surface area contributed by atoms with E-state index in [0.717, 1.165) is 10.7 Å². The molecule has 0 saturated carbocycles. The van der Waals surface area contributed by atoms with Gasteiger partial charge in [-0.3, -0.25) is 13.9 Å². The topological polar surface area (TPSA) is 104 Å². The zero-order chi connectivity index (χ0) is 21.4.